The number of pyridine rings is 1. The Bertz CT molecular complexity index is 337. The molecule has 1 aliphatic rings. The molecule has 1 saturated heterocycles. The van der Waals surface area contributed by atoms with Crippen molar-refractivity contribution in [2.75, 3.05) is 18.0 Å². The van der Waals surface area contributed by atoms with E-state index in [1.165, 1.54) is 0 Å². The molecule has 2 atom stereocenters. The Morgan fingerprint density at radius 3 is 2.88 bits per heavy atom. The maximum Gasteiger partial charge on any atom is 0.0931 e. The van der Waals surface area contributed by atoms with Crippen LogP contribution < -0.4 is 4.90 Å². The minimum Gasteiger partial charge on any atom is -0.391 e. The van der Waals surface area contributed by atoms with Crippen LogP contribution in [0.25, 0.3) is 0 Å². The van der Waals surface area contributed by atoms with E-state index in [0.717, 1.165) is 25.1 Å². The van der Waals surface area contributed by atoms with Gasteiger partial charge in [-0.25, -0.2) is 0 Å². The third-order valence-corrected chi connectivity index (χ3v) is 2.96. The van der Waals surface area contributed by atoms with E-state index in [2.05, 4.69) is 9.88 Å². The van der Waals surface area contributed by atoms with Crippen molar-refractivity contribution < 1.29 is 10.2 Å². The average molecular weight is 222 g/mol. The highest BCUT2D eigenvalue weighted by Gasteiger charge is 2.18. The Morgan fingerprint density at radius 2 is 2.31 bits per heavy atom. The Balaban J connectivity index is 2.09. The van der Waals surface area contributed by atoms with Crippen LogP contribution in [0.4, 0.5) is 5.69 Å². The van der Waals surface area contributed by atoms with Crippen LogP contribution in [-0.2, 0) is 0 Å². The molecule has 0 aliphatic carbocycles. The van der Waals surface area contributed by atoms with Crippen LogP contribution in [0.2, 0.25) is 0 Å². The van der Waals surface area contributed by atoms with Crippen LogP contribution in [0.1, 0.15) is 31.6 Å². The van der Waals surface area contributed by atoms with E-state index in [-0.39, 0.29) is 6.10 Å². The van der Waals surface area contributed by atoms with Crippen molar-refractivity contribution in [1.29, 1.82) is 0 Å². The summed E-state index contributed by atoms with van der Waals surface area (Å²) in [5, 5.41) is 18.9. The first-order chi connectivity index (χ1) is 7.66. The number of aliphatic hydroxyl groups excluding tert-OH is 2. The highest BCUT2D eigenvalue weighted by molar-refractivity contribution is 5.45. The Hall–Kier alpha value is -1.13. The normalized spacial score (nSPS) is 23.2. The largest absolute Gasteiger partial charge is 0.391 e. The third-order valence-electron chi connectivity index (χ3n) is 2.96. The fourth-order valence-electron chi connectivity index (χ4n) is 2.02. The number of rotatable bonds is 2. The molecular formula is C12H18N2O2. The summed E-state index contributed by atoms with van der Waals surface area (Å²) in [4.78, 5) is 6.34. The van der Waals surface area contributed by atoms with Gasteiger partial charge in [0.05, 0.1) is 29.8 Å². The van der Waals surface area contributed by atoms with Gasteiger partial charge in [-0.1, -0.05) is 0 Å². The van der Waals surface area contributed by atoms with Crippen molar-refractivity contribution in [3.05, 3.63) is 24.0 Å². The highest BCUT2D eigenvalue weighted by atomic mass is 16.3. The first-order valence-electron chi connectivity index (χ1n) is 5.74. The summed E-state index contributed by atoms with van der Waals surface area (Å²) in [5.74, 6) is 0. The predicted molar refractivity (Wildman–Crippen MR) is 62.3 cm³/mol. The lowest BCUT2D eigenvalue weighted by atomic mass is 10.1. The smallest absolute Gasteiger partial charge is 0.0931 e. The average Bonchev–Trinajstić information content (AvgIpc) is 2.29. The molecule has 0 spiro atoms. The fraction of sp³-hybridized carbons (Fsp3) is 0.583. The summed E-state index contributed by atoms with van der Waals surface area (Å²) < 4.78 is 0. The standard InChI is InChI=1S/C12H18N2O2/c1-9(15)12-5-4-10(7-13-12)14-6-2-3-11(16)8-14/h4-5,7,9,11,15-16H,2-3,6,8H2,1H3/t9-,11?/m1/s1. The second-order valence-electron chi connectivity index (χ2n) is 4.36. The van der Waals surface area contributed by atoms with E-state index in [1.54, 1.807) is 13.1 Å². The van der Waals surface area contributed by atoms with Gasteiger partial charge >= 0.3 is 0 Å². The molecule has 1 unspecified atom stereocenters. The molecule has 4 heteroatoms. The van der Waals surface area contributed by atoms with E-state index < -0.39 is 6.10 Å². The molecule has 88 valence electrons. The molecule has 2 heterocycles. The van der Waals surface area contributed by atoms with Crippen LogP contribution in [0.5, 0.6) is 0 Å². The molecule has 16 heavy (non-hydrogen) atoms. The number of β-amino-alcohol motifs (C(OH)–C–C–N with tert-alkyl or cyclic N) is 1. The first kappa shape index (κ1) is 11.4. The number of nitrogens with zero attached hydrogens (tertiary/aromatic N) is 2. The van der Waals surface area contributed by atoms with Gasteiger partial charge in [-0.15, -0.1) is 0 Å². The summed E-state index contributed by atoms with van der Waals surface area (Å²) >= 11 is 0. The van der Waals surface area contributed by atoms with E-state index in [4.69, 9.17) is 0 Å². The molecule has 4 nitrogen and oxygen atoms in total. The molecule has 1 aromatic rings. The van der Waals surface area contributed by atoms with Gasteiger partial charge in [0.2, 0.25) is 0 Å². The first-order valence-corrected chi connectivity index (χ1v) is 5.74. The van der Waals surface area contributed by atoms with Crippen molar-refractivity contribution in [1.82, 2.24) is 4.98 Å². The summed E-state index contributed by atoms with van der Waals surface area (Å²) in [6.45, 7) is 3.34. The maximum atomic E-state index is 9.58. The molecule has 0 amide bonds. The molecule has 1 aromatic heterocycles. The number of aromatic nitrogens is 1. The quantitative estimate of drug-likeness (QED) is 0.786. The number of hydrogen-bond acceptors (Lipinski definition) is 4. The van der Waals surface area contributed by atoms with Crippen LogP contribution >= 0.6 is 0 Å². The third kappa shape index (κ3) is 2.51. The van der Waals surface area contributed by atoms with Crippen LogP contribution in [0.3, 0.4) is 0 Å². The summed E-state index contributed by atoms with van der Waals surface area (Å²) in [5.41, 5.74) is 1.70. The number of piperidine rings is 1. The van der Waals surface area contributed by atoms with Gasteiger partial charge in [-0.2, -0.15) is 0 Å². The van der Waals surface area contributed by atoms with Crippen molar-refractivity contribution in [2.45, 2.75) is 32.0 Å². The van der Waals surface area contributed by atoms with E-state index in [0.29, 0.717) is 12.2 Å². The molecule has 2 rings (SSSR count). The van der Waals surface area contributed by atoms with Crippen LogP contribution in [0.15, 0.2) is 18.3 Å². The van der Waals surface area contributed by atoms with Gasteiger partial charge < -0.3 is 15.1 Å². The lowest BCUT2D eigenvalue weighted by Gasteiger charge is -2.31. The molecule has 2 N–H and O–H groups in total. The van der Waals surface area contributed by atoms with Gasteiger partial charge in [-0.05, 0) is 31.9 Å². The Kier molecular flexibility index (Phi) is 3.41. The summed E-state index contributed by atoms with van der Waals surface area (Å²) in [7, 11) is 0. The van der Waals surface area contributed by atoms with Crippen molar-refractivity contribution in [3.8, 4) is 0 Å². The summed E-state index contributed by atoms with van der Waals surface area (Å²) in [6, 6.07) is 3.79. The highest BCUT2D eigenvalue weighted by Crippen LogP contribution is 2.20. The molecule has 1 fully saturated rings. The lowest BCUT2D eigenvalue weighted by Crippen LogP contribution is -2.38. The zero-order valence-electron chi connectivity index (χ0n) is 9.50. The van der Waals surface area contributed by atoms with Gasteiger partial charge in [0, 0.05) is 13.1 Å². The minimum absolute atomic E-state index is 0.231. The second-order valence-corrected chi connectivity index (χ2v) is 4.36. The van der Waals surface area contributed by atoms with Crippen molar-refractivity contribution >= 4 is 5.69 Å². The molecule has 0 aromatic carbocycles. The van der Waals surface area contributed by atoms with Crippen molar-refractivity contribution in [3.63, 3.8) is 0 Å². The molecular weight excluding hydrogens is 204 g/mol. The van der Waals surface area contributed by atoms with E-state index in [9.17, 15) is 10.2 Å². The Labute approximate surface area is 95.5 Å². The predicted octanol–water partition coefficient (Wildman–Crippen LogP) is 1.10. The van der Waals surface area contributed by atoms with Crippen LogP contribution in [-0.4, -0.2) is 34.4 Å². The monoisotopic (exact) mass is 222 g/mol. The maximum absolute atomic E-state index is 9.58. The van der Waals surface area contributed by atoms with Crippen molar-refractivity contribution in [2.24, 2.45) is 0 Å². The zero-order chi connectivity index (χ0) is 11.5. The molecule has 0 saturated carbocycles. The number of anilines is 1. The van der Waals surface area contributed by atoms with Gasteiger partial charge in [0.15, 0.2) is 0 Å². The van der Waals surface area contributed by atoms with Gasteiger partial charge in [-0.3, -0.25) is 4.98 Å². The Morgan fingerprint density at radius 1 is 1.50 bits per heavy atom. The lowest BCUT2D eigenvalue weighted by molar-refractivity contribution is 0.154. The SMILES string of the molecule is C[C@@H](O)c1ccc(N2CCCC(O)C2)cn1. The molecule has 1 aliphatic heterocycles. The van der Waals surface area contributed by atoms with E-state index in [1.807, 2.05) is 12.1 Å². The zero-order valence-corrected chi connectivity index (χ0v) is 9.50. The van der Waals surface area contributed by atoms with E-state index >= 15 is 0 Å². The number of aliphatic hydroxyl groups is 2. The topological polar surface area (TPSA) is 56.6 Å². The molecule has 0 bridgehead atoms. The minimum atomic E-state index is -0.527. The fourth-order valence-corrected chi connectivity index (χ4v) is 2.02. The molecule has 0 radical (unpaired) electrons. The van der Waals surface area contributed by atoms with Gasteiger partial charge in [0.1, 0.15) is 0 Å². The van der Waals surface area contributed by atoms with Gasteiger partial charge in [0.25, 0.3) is 0 Å². The van der Waals surface area contributed by atoms with Crippen LogP contribution in [0, 0.1) is 0 Å². The summed E-state index contributed by atoms with van der Waals surface area (Å²) in [6.07, 6.45) is 2.90. The number of hydrogen-bond donors (Lipinski definition) is 2. The second kappa shape index (κ2) is 4.80.